The second kappa shape index (κ2) is 11.5. The van der Waals surface area contributed by atoms with Crippen LogP contribution in [0.15, 0.2) is 58.5 Å². The van der Waals surface area contributed by atoms with Gasteiger partial charge in [-0.15, -0.1) is 35.7 Å². The van der Waals surface area contributed by atoms with Crippen LogP contribution >= 0.6 is 47.3 Å². The third-order valence-electron chi connectivity index (χ3n) is 3.11. The molecular weight excluding hydrogens is 455 g/mol. The molecule has 24 heavy (non-hydrogen) atoms. The first-order chi connectivity index (χ1) is 11.2. The molecule has 4 nitrogen and oxygen atoms in total. The number of hydrogen-bond acceptors (Lipinski definition) is 3. The highest BCUT2D eigenvalue weighted by Gasteiger charge is 2.06. The largest absolute Gasteiger partial charge is 0.355 e. The van der Waals surface area contributed by atoms with Gasteiger partial charge in [-0.3, -0.25) is 4.99 Å². The van der Waals surface area contributed by atoms with E-state index in [2.05, 4.69) is 51.8 Å². The third-order valence-corrected chi connectivity index (χ3v) is 4.45. The fourth-order valence-corrected chi connectivity index (χ4v) is 2.99. The molecule has 2 N–H and O–H groups in total. The molecule has 7 heteroatoms. The number of pyridine rings is 1. The highest BCUT2D eigenvalue weighted by Crippen LogP contribution is 2.21. The molecule has 130 valence electrons. The van der Waals surface area contributed by atoms with E-state index in [1.54, 1.807) is 19.3 Å². The van der Waals surface area contributed by atoms with Gasteiger partial charge in [-0.1, -0.05) is 42.8 Å². The minimum atomic E-state index is 0. The molecule has 1 unspecified atom stereocenters. The number of rotatable bonds is 6. The van der Waals surface area contributed by atoms with Crippen LogP contribution in [0.4, 0.5) is 0 Å². The van der Waals surface area contributed by atoms with Gasteiger partial charge in [-0.05, 0) is 23.8 Å². The van der Waals surface area contributed by atoms with Gasteiger partial charge in [-0.2, -0.15) is 0 Å². The van der Waals surface area contributed by atoms with Crippen LogP contribution < -0.4 is 10.6 Å². The van der Waals surface area contributed by atoms with Crippen LogP contribution in [0, 0.1) is 0 Å². The maximum Gasteiger partial charge on any atom is 0.191 e. The zero-order valence-electron chi connectivity index (χ0n) is 13.7. The highest BCUT2D eigenvalue weighted by atomic mass is 127. The van der Waals surface area contributed by atoms with Crippen molar-refractivity contribution in [1.82, 2.24) is 15.6 Å². The molecule has 0 amide bonds. The van der Waals surface area contributed by atoms with Crippen molar-refractivity contribution < 1.29 is 0 Å². The summed E-state index contributed by atoms with van der Waals surface area (Å²) in [5.74, 6) is 0.778. The summed E-state index contributed by atoms with van der Waals surface area (Å²) in [4.78, 5) is 9.58. The summed E-state index contributed by atoms with van der Waals surface area (Å²) >= 11 is 7.62. The Labute approximate surface area is 169 Å². The molecule has 0 aliphatic heterocycles. The van der Waals surface area contributed by atoms with Crippen molar-refractivity contribution in [3.05, 3.63) is 59.4 Å². The second-order valence-electron chi connectivity index (χ2n) is 5.04. The fourth-order valence-electron chi connectivity index (χ4n) is 1.93. The normalized spacial score (nSPS) is 12.2. The molecule has 0 saturated heterocycles. The summed E-state index contributed by atoms with van der Waals surface area (Å²) in [5, 5.41) is 7.55. The lowest BCUT2D eigenvalue weighted by atomic mass is 10.3. The van der Waals surface area contributed by atoms with Gasteiger partial charge in [0.1, 0.15) is 5.15 Å². The van der Waals surface area contributed by atoms with Gasteiger partial charge >= 0.3 is 0 Å². The number of halogens is 2. The molecule has 2 aromatic rings. The van der Waals surface area contributed by atoms with Crippen molar-refractivity contribution >= 4 is 53.3 Å². The maximum absolute atomic E-state index is 5.78. The number of nitrogens with one attached hydrogen (secondary N) is 2. The molecule has 1 aromatic heterocycles. The summed E-state index contributed by atoms with van der Waals surface area (Å²) in [7, 11) is 1.77. The lowest BCUT2D eigenvalue weighted by Gasteiger charge is -2.16. The minimum Gasteiger partial charge on any atom is -0.355 e. The number of thioether (sulfide) groups is 1. The van der Waals surface area contributed by atoms with Gasteiger partial charge in [-0.25, -0.2) is 4.98 Å². The number of nitrogens with zero attached hydrogens (tertiary/aromatic N) is 2. The Balaban J connectivity index is 0.00000288. The fraction of sp³-hybridized carbons (Fsp3) is 0.294. The first-order valence-electron chi connectivity index (χ1n) is 7.44. The molecule has 1 heterocycles. The van der Waals surface area contributed by atoms with Crippen LogP contribution in [0.25, 0.3) is 0 Å². The van der Waals surface area contributed by atoms with Crippen molar-refractivity contribution in [2.75, 3.05) is 13.6 Å². The van der Waals surface area contributed by atoms with Gasteiger partial charge in [0.15, 0.2) is 5.96 Å². The van der Waals surface area contributed by atoms with Crippen LogP contribution in [0.2, 0.25) is 5.15 Å². The van der Waals surface area contributed by atoms with E-state index in [9.17, 15) is 0 Å². The predicted molar refractivity (Wildman–Crippen MR) is 115 cm³/mol. The lowest BCUT2D eigenvalue weighted by molar-refractivity contribution is 0.788. The first kappa shape index (κ1) is 21.1. The molecule has 1 atom stereocenters. The molecule has 0 fully saturated rings. The first-order valence-corrected chi connectivity index (χ1v) is 8.70. The zero-order chi connectivity index (χ0) is 16.5. The van der Waals surface area contributed by atoms with Crippen LogP contribution in [0.1, 0.15) is 12.5 Å². The Kier molecular flexibility index (Phi) is 10.1. The number of aromatic nitrogens is 1. The molecule has 0 spiro atoms. The SMILES string of the molecule is CN=C(NCc1ccc(Cl)nc1)NCC(C)Sc1ccccc1.I. The average molecular weight is 477 g/mol. The molecule has 0 bridgehead atoms. The van der Waals surface area contributed by atoms with E-state index in [-0.39, 0.29) is 24.0 Å². The van der Waals surface area contributed by atoms with E-state index in [0.717, 1.165) is 18.1 Å². The van der Waals surface area contributed by atoms with Crippen molar-refractivity contribution in [2.24, 2.45) is 4.99 Å². The average Bonchev–Trinajstić information content (AvgIpc) is 2.57. The minimum absolute atomic E-state index is 0. The molecule has 1 aromatic carbocycles. The number of guanidine groups is 1. The van der Waals surface area contributed by atoms with Gasteiger partial charge in [0.05, 0.1) is 0 Å². The molecule has 0 aliphatic carbocycles. The Morgan fingerprint density at radius 1 is 1.21 bits per heavy atom. The number of aliphatic imine (C=N–C) groups is 1. The smallest absolute Gasteiger partial charge is 0.191 e. The molecule has 0 aliphatic rings. The van der Waals surface area contributed by atoms with E-state index < -0.39 is 0 Å². The molecular formula is C17H22ClIN4S. The van der Waals surface area contributed by atoms with E-state index in [4.69, 9.17) is 11.6 Å². The summed E-state index contributed by atoms with van der Waals surface area (Å²) in [5.41, 5.74) is 1.06. The monoisotopic (exact) mass is 476 g/mol. The summed E-state index contributed by atoms with van der Waals surface area (Å²) < 4.78 is 0. The van der Waals surface area contributed by atoms with E-state index in [0.29, 0.717) is 16.9 Å². The van der Waals surface area contributed by atoms with Crippen LogP contribution in [-0.4, -0.2) is 29.8 Å². The van der Waals surface area contributed by atoms with Crippen molar-refractivity contribution in [3.63, 3.8) is 0 Å². The van der Waals surface area contributed by atoms with Gasteiger partial charge in [0.2, 0.25) is 0 Å². The van der Waals surface area contributed by atoms with E-state index >= 15 is 0 Å². The van der Waals surface area contributed by atoms with Crippen LogP contribution in [-0.2, 0) is 6.54 Å². The highest BCUT2D eigenvalue weighted by molar-refractivity contribution is 14.0. The van der Waals surface area contributed by atoms with E-state index in [1.807, 2.05) is 23.9 Å². The van der Waals surface area contributed by atoms with Gasteiger partial charge in [0, 0.05) is 36.5 Å². The Bertz CT molecular complexity index is 622. The van der Waals surface area contributed by atoms with Gasteiger partial charge < -0.3 is 10.6 Å². The van der Waals surface area contributed by atoms with Crippen LogP contribution in [0.5, 0.6) is 0 Å². The number of benzene rings is 1. The number of hydrogen-bond donors (Lipinski definition) is 2. The topological polar surface area (TPSA) is 49.3 Å². The third kappa shape index (κ3) is 7.72. The Hall–Kier alpha value is -0.990. The van der Waals surface area contributed by atoms with Gasteiger partial charge in [0.25, 0.3) is 0 Å². The molecule has 0 saturated carbocycles. The van der Waals surface area contributed by atoms with E-state index in [1.165, 1.54) is 4.90 Å². The summed E-state index contributed by atoms with van der Waals surface area (Å²) in [6, 6.07) is 14.1. The summed E-state index contributed by atoms with van der Waals surface area (Å²) in [6.07, 6.45) is 1.76. The lowest BCUT2D eigenvalue weighted by Crippen LogP contribution is -2.39. The summed E-state index contributed by atoms with van der Waals surface area (Å²) in [6.45, 7) is 3.68. The van der Waals surface area contributed by atoms with Crippen molar-refractivity contribution in [2.45, 2.75) is 23.6 Å². The second-order valence-corrected chi connectivity index (χ2v) is 6.94. The Morgan fingerprint density at radius 3 is 2.58 bits per heavy atom. The standard InChI is InChI=1S/C17H21ClN4S.HI/c1-13(23-15-6-4-3-5-7-15)10-21-17(19-2)22-12-14-8-9-16(18)20-11-14;/h3-9,11,13H,10,12H2,1-2H3,(H2,19,21,22);1H. The Morgan fingerprint density at radius 2 is 1.96 bits per heavy atom. The van der Waals surface area contributed by atoms with Crippen molar-refractivity contribution in [1.29, 1.82) is 0 Å². The molecule has 0 radical (unpaired) electrons. The molecule has 2 rings (SSSR count). The van der Waals surface area contributed by atoms with Crippen molar-refractivity contribution in [3.8, 4) is 0 Å². The zero-order valence-corrected chi connectivity index (χ0v) is 17.6. The maximum atomic E-state index is 5.78. The van der Waals surface area contributed by atoms with Crippen LogP contribution in [0.3, 0.4) is 0 Å². The predicted octanol–water partition coefficient (Wildman–Crippen LogP) is 4.20. The quantitative estimate of drug-likeness (QED) is 0.216.